The molecule has 0 atom stereocenters. The summed E-state index contributed by atoms with van der Waals surface area (Å²) in [4.78, 5) is 4.13. The number of methoxy groups -OCH3 is 1. The van der Waals surface area contributed by atoms with E-state index in [1.54, 1.807) is 25.3 Å². The number of ether oxygens (including phenoxy) is 1. The van der Waals surface area contributed by atoms with Crippen molar-refractivity contribution in [3.63, 3.8) is 0 Å². The van der Waals surface area contributed by atoms with Crippen LogP contribution in [0.3, 0.4) is 0 Å². The van der Waals surface area contributed by atoms with Gasteiger partial charge in [0.25, 0.3) is 0 Å². The lowest BCUT2D eigenvalue weighted by molar-refractivity contribution is 0.415. The van der Waals surface area contributed by atoms with Gasteiger partial charge < -0.3 is 4.74 Å². The third-order valence-electron chi connectivity index (χ3n) is 2.08. The Balaban J connectivity index is 2.72. The van der Waals surface area contributed by atoms with Gasteiger partial charge in [-0.05, 0) is 18.2 Å². The number of nitrogens with zero attached hydrogens (tertiary/aromatic N) is 2. The minimum Gasteiger partial charge on any atom is -0.495 e. The highest BCUT2D eigenvalue weighted by molar-refractivity contribution is 6.32. The minimum atomic E-state index is 0.516. The van der Waals surface area contributed by atoms with E-state index in [4.69, 9.17) is 21.6 Å². The van der Waals surface area contributed by atoms with Crippen LogP contribution in [0.5, 0.6) is 5.75 Å². The molecule has 3 nitrogen and oxygen atoms in total. The summed E-state index contributed by atoms with van der Waals surface area (Å²) in [6, 6.07) is 7.27. The Hall–Kier alpha value is -1.79. The zero-order chi connectivity index (χ0) is 10.8. The number of hydrogen-bond donors (Lipinski definition) is 0. The van der Waals surface area contributed by atoms with Crippen LogP contribution >= 0.6 is 11.6 Å². The maximum absolute atomic E-state index is 8.73. The van der Waals surface area contributed by atoms with Crippen LogP contribution in [0.15, 0.2) is 24.4 Å². The van der Waals surface area contributed by atoms with Crippen LogP contribution in [0.1, 0.15) is 5.56 Å². The van der Waals surface area contributed by atoms with Gasteiger partial charge in [0.2, 0.25) is 0 Å². The van der Waals surface area contributed by atoms with E-state index in [9.17, 15) is 0 Å². The summed E-state index contributed by atoms with van der Waals surface area (Å²) < 4.78 is 5.08. The normalized spacial score (nSPS) is 9.93. The predicted molar refractivity (Wildman–Crippen MR) is 58.0 cm³/mol. The molecule has 0 aliphatic carbocycles. The lowest BCUT2D eigenvalue weighted by atomic mass is 10.1. The lowest BCUT2D eigenvalue weighted by Crippen LogP contribution is -1.87. The zero-order valence-corrected chi connectivity index (χ0v) is 8.75. The molecule has 0 aliphatic rings. The van der Waals surface area contributed by atoms with E-state index in [0.29, 0.717) is 16.3 Å². The van der Waals surface area contributed by atoms with Crippen molar-refractivity contribution in [3.05, 3.63) is 35.0 Å². The van der Waals surface area contributed by atoms with Crippen molar-refractivity contribution in [2.45, 2.75) is 0 Å². The molecule has 74 valence electrons. The van der Waals surface area contributed by atoms with E-state index >= 15 is 0 Å². The number of hydrogen-bond acceptors (Lipinski definition) is 3. The molecule has 0 saturated heterocycles. The molecule has 0 bridgehead atoms. The van der Waals surface area contributed by atoms with Crippen molar-refractivity contribution in [1.82, 2.24) is 4.98 Å². The van der Waals surface area contributed by atoms with E-state index in [1.807, 2.05) is 6.07 Å². The lowest BCUT2D eigenvalue weighted by Gasteiger charge is -2.04. The quantitative estimate of drug-likeness (QED) is 0.740. The van der Waals surface area contributed by atoms with Crippen molar-refractivity contribution in [2.75, 3.05) is 7.11 Å². The van der Waals surface area contributed by atoms with Crippen molar-refractivity contribution >= 4 is 22.5 Å². The van der Waals surface area contributed by atoms with Crippen molar-refractivity contribution in [2.24, 2.45) is 0 Å². The highest BCUT2D eigenvalue weighted by atomic mass is 35.5. The molecule has 4 heteroatoms. The molecular formula is C11H7ClN2O. The number of rotatable bonds is 1. The molecule has 2 rings (SSSR count). The molecular weight excluding hydrogens is 212 g/mol. The predicted octanol–water partition coefficient (Wildman–Crippen LogP) is 2.77. The van der Waals surface area contributed by atoms with Crippen LogP contribution in [0.2, 0.25) is 5.02 Å². The van der Waals surface area contributed by atoms with Crippen LogP contribution < -0.4 is 4.74 Å². The number of halogens is 1. The second-order valence-electron chi connectivity index (χ2n) is 3.02. The van der Waals surface area contributed by atoms with Gasteiger partial charge in [0.15, 0.2) is 0 Å². The first-order valence-electron chi connectivity index (χ1n) is 4.28. The van der Waals surface area contributed by atoms with Gasteiger partial charge in [-0.15, -0.1) is 0 Å². The van der Waals surface area contributed by atoms with Gasteiger partial charge >= 0.3 is 0 Å². The van der Waals surface area contributed by atoms with Gasteiger partial charge in [-0.25, -0.2) is 0 Å². The average Bonchev–Trinajstić information content (AvgIpc) is 2.27. The maximum Gasteiger partial charge on any atom is 0.138 e. The van der Waals surface area contributed by atoms with Crippen LogP contribution in [0.4, 0.5) is 0 Å². The Kier molecular flexibility index (Phi) is 2.44. The molecule has 0 N–H and O–H groups in total. The van der Waals surface area contributed by atoms with Crippen LogP contribution in [0.25, 0.3) is 10.9 Å². The summed E-state index contributed by atoms with van der Waals surface area (Å²) in [6.45, 7) is 0. The first-order valence-corrected chi connectivity index (χ1v) is 4.66. The van der Waals surface area contributed by atoms with Gasteiger partial charge in [0, 0.05) is 11.6 Å². The molecule has 0 saturated carbocycles. The van der Waals surface area contributed by atoms with Crippen molar-refractivity contribution in [1.29, 1.82) is 5.26 Å². The smallest absolute Gasteiger partial charge is 0.138 e. The fraction of sp³-hybridized carbons (Fsp3) is 0.0909. The first kappa shape index (κ1) is 9.75. The summed E-state index contributed by atoms with van der Waals surface area (Å²) in [5, 5.41) is 10.1. The Bertz CT molecular complexity index is 560. The molecule has 0 aliphatic heterocycles. The van der Waals surface area contributed by atoms with Crippen LogP contribution in [0, 0.1) is 11.3 Å². The summed E-state index contributed by atoms with van der Waals surface area (Å²) in [5.74, 6) is 0.584. The van der Waals surface area contributed by atoms with Gasteiger partial charge in [-0.3, -0.25) is 4.98 Å². The topological polar surface area (TPSA) is 45.9 Å². The molecule has 0 radical (unpaired) electrons. The van der Waals surface area contributed by atoms with E-state index in [2.05, 4.69) is 4.98 Å². The molecule has 1 aromatic carbocycles. The SMILES string of the molecule is COc1cc2cc(C#N)cnc2cc1Cl. The fourth-order valence-electron chi connectivity index (χ4n) is 1.35. The summed E-state index contributed by atoms with van der Waals surface area (Å²) >= 11 is 5.95. The molecule has 0 spiro atoms. The highest BCUT2D eigenvalue weighted by Gasteiger charge is 2.04. The summed E-state index contributed by atoms with van der Waals surface area (Å²) in [7, 11) is 1.55. The number of pyridine rings is 1. The van der Waals surface area contributed by atoms with Crippen molar-refractivity contribution in [3.8, 4) is 11.8 Å². The molecule has 1 heterocycles. The van der Waals surface area contributed by atoms with Crippen LogP contribution in [-0.2, 0) is 0 Å². The Morgan fingerprint density at radius 1 is 1.40 bits per heavy atom. The molecule has 0 unspecified atom stereocenters. The van der Waals surface area contributed by atoms with Gasteiger partial charge in [0.05, 0.1) is 23.2 Å². The summed E-state index contributed by atoms with van der Waals surface area (Å²) in [6.07, 6.45) is 1.52. The number of fused-ring (bicyclic) bond motifs is 1. The maximum atomic E-state index is 8.73. The Morgan fingerprint density at radius 2 is 2.20 bits per heavy atom. The van der Waals surface area contributed by atoms with Crippen LogP contribution in [-0.4, -0.2) is 12.1 Å². The second kappa shape index (κ2) is 3.76. The highest BCUT2D eigenvalue weighted by Crippen LogP contribution is 2.29. The molecule has 2 aromatic rings. The standard InChI is InChI=1S/C11H7ClN2O/c1-15-11-3-8-2-7(5-13)6-14-10(8)4-9(11)12/h2-4,6H,1H3. The monoisotopic (exact) mass is 218 g/mol. The van der Waals surface area contributed by atoms with E-state index in [0.717, 1.165) is 10.9 Å². The minimum absolute atomic E-state index is 0.516. The number of aromatic nitrogens is 1. The number of nitriles is 1. The molecule has 1 aromatic heterocycles. The first-order chi connectivity index (χ1) is 7.24. The van der Waals surface area contributed by atoms with E-state index in [-0.39, 0.29) is 0 Å². The van der Waals surface area contributed by atoms with Crippen molar-refractivity contribution < 1.29 is 4.74 Å². The Labute approximate surface area is 91.9 Å². The van der Waals surface area contributed by atoms with Gasteiger partial charge in [-0.1, -0.05) is 11.6 Å². The van der Waals surface area contributed by atoms with Gasteiger partial charge in [0.1, 0.15) is 11.8 Å². The third-order valence-corrected chi connectivity index (χ3v) is 2.38. The van der Waals surface area contributed by atoms with E-state index < -0.39 is 0 Å². The fourth-order valence-corrected chi connectivity index (χ4v) is 1.58. The average molecular weight is 219 g/mol. The molecule has 0 amide bonds. The molecule has 15 heavy (non-hydrogen) atoms. The van der Waals surface area contributed by atoms with E-state index in [1.165, 1.54) is 6.20 Å². The summed E-state index contributed by atoms with van der Waals surface area (Å²) in [5.41, 5.74) is 1.27. The zero-order valence-electron chi connectivity index (χ0n) is 7.99. The second-order valence-corrected chi connectivity index (χ2v) is 3.42. The largest absolute Gasteiger partial charge is 0.495 e. The number of benzene rings is 1. The van der Waals surface area contributed by atoms with Gasteiger partial charge in [-0.2, -0.15) is 5.26 Å². The molecule has 0 fully saturated rings. The Morgan fingerprint density at radius 3 is 2.87 bits per heavy atom. The third kappa shape index (κ3) is 1.72.